The molecule has 0 aromatic rings. The number of hydrogen-bond acceptors (Lipinski definition) is 8. The van der Waals surface area contributed by atoms with Crippen molar-refractivity contribution < 1.29 is 39.1 Å². The maximum Gasteiger partial charge on any atom is 0.316 e. The van der Waals surface area contributed by atoms with Gasteiger partial charge in [0.15, 0.2) is 5.79 Å². The minimum absolute atomic E-state index is 0.0464. The van der Waals surface area contributed by atoms with Gasteiger partial charge in [-0.05, 0) is 49.0 Å². The molecule has 1 spiro atoms. The van der Waals surface area contributed by atoms with Crippen molar-refractivity contribution in [3.8, 4) is 0 Å². The molecule has 0 aromatic heterocycles. The van der Waals surface area contributed by atoms with E-state index in [9.17, 15) is 20.1 Å². The second kappa shape index (κ2) is 12.1. The highest BCUT2D eigenvalue weighted by atomic mass is 16.7. The van der Waals surface area contributed by atoms with E-state index in [-0.39, 0.29) is 30.7 Å². The Morgan fingerprint density at radius 2 is 1.81 bits per heavy atom. The largest absolute Gasteiger partial charge is 0.462 e. The summed E-state index contributed by atoms with van der Waals surface area (Å²) in [6.45, 7) is 12.1. The molecule has 8 heteroatoms. The molecule has 4 heterocycles. The van der Waals surface area contributed by atoms with Crippen molar-refractivity contribution in [3.63, 3.8) is 0 Å². The first kappa shape index (κ1) is 31.4. The minimum atomic E-state index is -1.77. The minimum Gasteiger partial charge on any atom is -0.462 e. The van der Waals surface area contributed by atoms with Crippen molar-refractivity contribution in [1.82, 2.24) is 0 Å². The van der Waals surface area contributed by atoms with Crippen LogP contribution in [0.3, 0.4) is 0 Å². The Morgan fingerprint density at radius 3 is 2.55 bits per heavy atom. The van der Waals surface area contributed by atoms with Crippen LogP contribution in [0.5, 0.6) is 0 Å². The number of aliphatic hydroxyl groups is 3. The van der Waals surface area contributed by atoms with Crippen LogP contribution in [0.15, 0.2) is 59.3 Å². The summed E-state index contributed by atoms with van der Waals surface area (Å²) in [4.78, 5) is 14.0. The van der Waals surface area contributed by atoms with Gasteiger partial charge in [0.05, 0.1) is 24.9 Å². The summed E-state index contributed by atoms with van der Waals surface area (Å²) in [7, 11) is 0. The first-order chi connectivity index (χ1) is 19.9. The summed E-state index contributed by atoms with van der Waals surface area (Å²) >= 11 is 0. The number of carbonyl (C=O) groups is 1. The average molecular weight is 585 g/mol. The topological polar surface area (TPSA) is 115 Å². The molecular weight excluding hydrogens is 536 g/mol. The summed E-state index contributed by atoms with van der Waals surface area (Å²) in [6.07, 6.45) is 11.7. The lowest BCUT2D eigenvalue weighted by Crippen LogP contribution is -2.58. The number of rotatable bonds is 2. The first-order valence-corrected chi connectivity index (χ1v) is 15.6. The van der Waals surface area contributed by atoms with Crippen molar-refractivity contribution in [1.29, 1.82) is 0 Å². The lowest BCUT2D eigenvalue weighted by Gasteiger charge is -2.48. The molecule has 42 heavy (non-hydrogen) atoms. The standard InChI is InChI=1S/C34H48O8/c1-7-19(2)30-22(5)13-14-33(42-30)17-26-16-25(41-33)12-11-21(4)28(35)20(3)9-8-10-24-18-39-31-29(36)23(6)15-27(32(37)40-26)34(24,31)38/h8-11,13-15,19-20,22,25-31,35-36,38H,7,12,16-18H2,1-6H3/b9-8+,21-11+,24-10+/t19-,20+,22-,25-,26+,27+,28+,29-,30+,31-,33+,34+/m1/s1. The van der Waals surface area contributed by atoms with Crippen molar-refractivity contribution in [2.24, 2.45) is 23.7 Å². The van der Waals surface area contributed by atoms with Crippen molar-refractivity contribution >= 4 is 5.97 Å². The fraction of sp³-hybridized carbons (Fsp3) is 0.676. The van der Waals surface area contributed by atoms with E-state index in [2.05, 4.69) is 26.8 Å². The second-order valence-corrected chi connectivity index (χ2v) is 13.2. The van der Waals surface area contributed by atoms with Crippen LogP contribution in [0.4, 0.5) is 0 Å². The lowest BCUT2D eigenvalue weighted by molar-refractivity contribution is -0.300. The fourth-order valence-corrected chi connectivity index (χ4v) is 7.15. The van der Waals surface area contributed by atoms with Crippen LogP contribution in [0.2, 0.25) is 0 Å². The molecule has 5 aliphatic rings. The highest BCUT2D eigenvalue weighted by molar-refractivity contribution is 5.78. The van der Waals surface area contributed by atoms with Gasteiger partial charge >= 0.3 is 5.97 Å². The Hall–Kier alpha value is -2.07. The summed E-state index contributed by atoms with van der Waals surface area (Å²) in [6, 6.07) is 0. The van der Waals surface area contributed by atoms with E-state index in [4.69, 9.17) is 18.9 Å². The Labute approximate surface area is 249 Å². The van der Waals surface area contributed by atoms with Gasteiger partial charge in [-0.2, -0.15) is 0 Å². The van der Waals surface area contributed by atoms with Crippen LogP contribution < -0.4 is 0 Å². The molecule has 2 fully saturated rings. The Kier molecular flexibility index (Phi) is 9.06. The molecule has 0 amide bonds. The Morgan fingerprint density at radius 1 is 1.05 bits per heavy atom. The second-order valence-electron chi connectivity index (χ2n) is 13.2. The lowest BCUT2D eigenvalue weighted by atomic mass is 9.71. The van der Waals surface area contributed by atoms with E-state index < -0.39 is 47.7 Å². The molecule has 3 N–H and O–H groups in total. The van der Waals surface area contributed by atoms with Gasteiger partial charge in [0, 0.05) is 24.7 Å². The van der Waals surface area contributed by atoms with E-state index in [1.165, 1.54) is 0 Å². The summed E-state index contributed by atoms with van der Waals surface area (Å²) in [5.41, 5.74) is 0.101. The van der Waals surface area contributed by atoms with Crippen LogP contribution >= 0.6 is 0 Å². The zero-order valence-electron chi connectivity index (χ0n) is 25.7. The van der Waals surface area contributed by atoms with Crippen LogP contribution in [0, 0.1) is 23.7 Å². The number of ether oxygens (including phenoxy) is 4. The Balaban J connectivity index is 1.54. The van der Waals surface area contributed by atoms with E-state index in [1.807, 2.05) is 32.1 Å². The van der Waals surface area contributed by atoms with Gasteiger partial charge in [0.1, 0.15) is 29.8 Å². The zero-order chi connectivity index (χ0) is 30.4. The van der Waals surface area contributed by atoms with E-state index in [1.54, 1.807) is 25.2 Å². The Bertz CT molecular complexity index is 1180. The maximum atomic E-state index is 14.0. The molecule has 4 aliphatic heterocycles. The summed E-state index contributed by atoms with van der Waals surface area (Å²) in [5.74, 6) is -2.35. The van der Waals surface area contributed by atoms with Crippen molar-refractivity contribution in [2.45, 2.75) is 115 Å². The highest BCUT2D eigenvalue weighted by Gasteiger charge is 2.60. The highest BCUT2D eigenvalue weighted by Crippen LogP contribution is 2.47. The number of fused-ring (bicyclic) bond motifs is 2. The van der Waals surface area contributed by atoms with Gasteiger partial charge in [0.25, 0.3) is 0 Å². The predicted octanol–water partition coefficient (Wildman–Crippen LogP) is 4.31. The van der Waals surface area contributed by atoms with Crippen LogP contribution in [-0.2, 0) is 23.7 Å². The summed E-state index contributed by atoms with van der Waals surface area (Å²) < 4.78 is 25.5. The SMILES string of the molecule is CC[C@@H](C)[C@@H]1O[C@@]2(C=C[C@H]1C)C[C@@H]1C[C@@H](C/C=C(\C)[C@@H](O)[C@@H](C)/C=C/C=C3\CO[C@@H]4[C@H](O)C(C)=C[C@@H](C(=O)O1)[C@@]34O)O2. The third-order valence-electron chi connectivity index (χ3n) is 10.1. The fourth-order valence-electron chi connectivity index (χ4n) is 7.15. The van der Waals surface area contributed by atoms with Crippen molar-refractivity contribution in [2.75, 3.05) is 6.61 Å². The number of carbonyl (C=O) groups excluding carboxylic acids is 1. The molecule has 2 bridgehead atoms. The number of allylic oxidation sites excluding steroid dienone is 2. The van der Waals surface area contributed by atoms with Gasteiger partial charge in [-0.3, -0.25) is 4.79 Å². The molecule has 8 nitrogen and oxygen atoms in total. The quantitative estimate of drug-likeness (QED) is 0.325. The van der Waals surface area contributed by atoms with Gasteiger partial charge in [-0.1, -0.05) is 70.6 Å². The molecule has 0 saturated carbocycles. The van der Waals surface area contributed by atoms with Gasteiger partial charge in [-0.15, -0.1) is 0 Å². The van der Waals surface area contributed by atoms with Crippen LogP contribution in [0.25, 0.3) is 0 Å². The molecule has 0 radical (unpaired) electrons. The normalized spacial score (nSPS) is 48.3. The average Bonchev–Trinajstić information content (AvgIpc) is 3.30. The molecule has 0 aromatic carbocycles. The maximum absolute atomic E-state index is 14.0. The smallest absolute Gasteiger partial charge is 0.316 e. The van der Waals surface area contributed by atoms with E-state index in [0.717, 1.165) is 12.0 Å². The molecular formula is C34H48O8. The van der Waals surface area contributed by atoms with E-state index in [0.29, 0.717) is 36.3 Å². The number of aliphatic hydroxyl groups excluding tert-OH is 2. The molecule has 0 unspecified atom stereocenters. The predicted molar refractivity (Wildman–Crippen MR) is 158 cm³/mol. The summed E-state index contributed by atoms with van der Waals surface area (Å²) in [5, 5.41) is 34.0. The van der Waals surface area contributed by atoms with Gasteiger partial charge < -0.3 is 34.3 Å². The van der Waals surface area contributed by atoms with E-state index >= 15 is 0 Å². The third kappa shape index (κ3) is 5.74. The molecule has 12 atom stereocenters. The molecule has 2 saturated heterocycles. The molecule has 1 aliphatic carbocycles. The number of esters is 1. The monoisotopic (exact) mass is 584 g/mol. The van der Waals surface area contributed by atoms with Gasteiger partial charge in [-0.25, -0.2) is 0 Å². The van der Waals surface area contributed by atoms with Gasteiger partial charge in [0.2, 0.25) is 0 Å². The van der Waals surface area contributed by atoms with Crippen molar-refractivity contribution in [3.05, 3.63) is 59.3 Å². The first-order valence-electron chi connectivity index (χ1n) is 15.6. The number of hydrogen-bond donors (Lipinski definition) is 3. The molecule has 232 valence electrons. The van der Waals surface area contributed by atoms with Crippen LogP contribution in [0.1, 0.15) is 67.2 Å². The third-order valence-corrected chi connectivity index (χ3v) is 10.1. The molecule has 5 rings (SSSR count). The van der Waals surface area contributed by atoms with Crippen LogP contribution in [-0.4, -0.2) is 75.9 Å². The zero-order valence-corrected chi connectivity index (χ0v) is 25.7.